The predicted molar refractivity (Wildman–Crippen MR) is 90.0 cm³/mol. The largest absolute Gasteiger partial charge is 0.524 e. The third-order valence-corrected chi connectivity index (χ3v) is 4.64. The van der Waals surface area contributed by atoms with Gasteiger partial charge in [-0.1, -0.05) is 45.4 Å². The van der Waals surface area contributed by atoms with Crippen molar-refractivity contribution in [2.75, 3.05) is 6.61 Å². The SMILES string of the molecule is CCCCCCCCCc1c(OP(=O)(O)O)ccc2c1CCO2. The van der Waals surface area contributed by atoms with E-state index in [9.17, 15) is 4.57 Å². The first kappa shape index (κ1) is 18.3. The lowest BCUT2D eigenvalue weighted by molar-refractivity contribution is 0.282. The van der Waals surface area contributed by atoms with Gasteiger partial charge in [0.15, 0.2) is 0 Å². The Labute approximate surface area is 138 Å². The van der Waals surface area contributed by atoms with Crippen molar-refractivity contribution >= 4 is 7.82 Å². The maximum atomic E-state index is 11.2. The fourth-order valence-electron chi connectivity index (χ4n) is 3.07. The van der Waals surface area contributed by atoms with E-state index >= 15 is 0 Å². The maximum absolute atomic E-state index is 11.2. The Morgan fingerprint density at radius 2 is 1.83 bits per heavy atom. The van der Waals surface area contributed by atoms with Crippen LogP contribution >= 0.6 is 7.82 Å². The van der Waals surface area contributed by atoms with Gasteiger partial charge in [-0.25, -0.2) is 4.57 Å². The van der Waals surface area contributed by atoms with Crippen LogP contribution in [0, 0.1) is 0 Å². The summed E-state index contributed by atoms with van der Waals surface area (Å²) in [5.74, 6) is 1.12. The minimum absolute atomic E-state index is 0.300. The summed E-state index contributed by atoms with van der Waals surface area (Å²) in [5, 5.41) is 0. The summed E-state index contributed by atoms with van der Waals surface area (Å²) in [7, 11) is -4.54. The zero-order valence-corrected chi connectivity index (χ0v) is 14.7. The molecule has 2 rings (SSSR count). The van der Waals surface area contributed by atoms with Gasteiger partial charge in [0.25, 0.3) is 0 Å². The third-order valence-electron chi connectivity index (χ3n) is 4.20. The molecule has 0 saturated carbocycles. The van der Waals surface area contributed by atoms with Crippen LogP contribution in [0.25, 0.3) is 0 Å². The van der Waals surface area contributed by atoms with E-state index in [2.05, 4.69) is 6.92 Å². The lowest BCUT2D eigenvalue weighted by Crippen LogP contribution is -1.99. The van der Waals surface area contributed by atoms with Gasteiger partial charge < -0.3 is 9.26 Å². The molecule has 1 aliphatic heterocycles. The van der Waals surface area contributed by atoms with E-state index in [0.717, 1.165) is 42.6 Å². The lowest BCUT2D eigenvalue weighted by Gasteiger charge is -2.15. The van der Waals surface area contributed by atoms with Crippen molar-refractivity contribution in [3.63, 3.8) is 0 Å². The molecule has 5 nitrogen and oxygen atoms in total. The van der Waals surface area contributed by atoms with E-state index in [4.69, 9.17) is 19.0 Å². The number of hydrogen-bond donors (Lipinski definition) is 2. The van der Waals surface area contributed by atoms with Crippen molar-refractivity contribution in [2.45, 2.75) is 64.7 Å². The number of rotatable bonds is 10. The van der Waals surface area contributed by atoms with E-state index in [0.29, 0.717) is 12.4 Å². The summed E-state index contributed by atoms with van der Waals surface area (Å²) < 4.78 is 21.6. The highest BCUT2D eigenvalue weighted by atomic mass is 31.2. The maximum Gasteiger partial charge on any atom is 0.524 e. The Morgan fingerprint density at radius 3 is 2.52 bits per heavy atom. The van der Waals surface area contributed by atoms with E-state index in [1.807, 2.05) is 0 Å². The molecule has 1 aromatic carbocycles. The average molecular weight is 342 g/mol. The molecule has 0 atom stereocenters. The zero-order valence-electron chi connectivity index (χ0n) is 13.8. The number of ether oxygens (including phenoxy) is 1. The fraction of sp³-hybridized carbons (Fsp3) is 0.647. The van der Waals surface area contributed by atoms with Gasteiger partial charge in [0.2, 0.25) is 0 Å². The Bertz CT molecular complexity index is 552. The quantitative estimate of drug-likeness (QED) is 0.487. The monoisotopic (exact) mass is 342 g/mol. The molecule has 23 heavy (non-hydrogen) atoms. The van der Waals surface area contributed by atoms with Crippen molar-refractivity contribution < 1.29 is 23.6 Å². The van der Waals surface area contributed by atoms with Gasteiger partial charge in [-0.3, -0.25) is 9.79 Å². The molecule has 1 aliphatic rings. The summed E-state index contributed by atoms with van der Waals surface area (Å²) in [6.07, 6.45) is 9.98. The van der Waals surface area contributed by atoms with Crippen molar-refractivity contribution in [2.24, 2.45) is 0 Å². The molecule has 0 amide bonds. The summed E-state index contributed by atoms with van der Waals surface area (Å²) in [6.45, 7) is 2.83. The Hall–Kier alpha value is -1.03. The van der Waals surface area contributed by atoms with Crippen molar-refractivity contribution in [3.8, 4) is 11.5 Å². The molecule has 1 heterocycles. The summed E-state index contributed by atoms with van der Waals surface area (Å²) >= 11 is 0. The number of fused-ring (bicyclic) bond motifs is 1. The second-order valence-electron chi connectivity index (χ2n) is 6.07. The second kappa shape index (κ2) is 8.72. The molecule has 0 spiro atoms. The average Bonchev–Trinajstić information content (AvgIpc) is 2.95. The van der Waals surface area contributed by atoms with Gasteiger partial charge in [0.05, 0.1) is 6.61 Å². The number of benzene rings is 1. The highest BCUT2D eigenvalue weighted by Gasteiger charge is 2.24. The predicted octanol–water partition coefficient (Wildman–Crippen LogP) is 4.39. The number of phosphoric ester groups is 1. The van der Waals surface area contributed by atoms with Gasteiger partial charge in [-0.15, -0.1) is 0 Å². The minimum Gasteiger partial charge on any atom is -0.493 e. The van der Waals surface area contributed by atoms with Gasteiger partial charge in [-0.2, -0.15) is 0 Å². The standard InChI is InChI=1S/C17H27O5P/c1-2-3-4-5-6-7-8-9-14-15-12-13-21-16(15)10-11-17(14)22-23(18,19)20/h10-11H,2-9,12-13H2,1H3,(H2,18,19,20). The lowest BCUT2D eigenvalue weighted by atomic mass is 9.98. The number of phosphoric acid groups is 1. The summed E-state index contributed by atoms with van der Waals surface area (Å²) in [6, 6.07) is 3.35. The molecule has 0 saturated heterocycles. The molecule has 0 radical (unpaired) electrons. The second-order valence-corrected chi connectivity index (χ2v) is 7.23. The fourth-order valence-corrected chi connectivity index (χ4v) is 3.50. The van der Waals surface area contributed by atoms with Crippen LogP contribution in [0.5, 0.6) is 11.5 Å². The Balaban J connectivity index is 1.95. The molecule has 130 valence electrons. The van der Waals surface area contributed by atoms with Crippen LogP contribution in [0.15, 0.2) is 12.1 Å². The Kier molecular flexibility index (Phi) is 6.94. The van der Waals surface area contributed by atoms with Crippen LogP contribution in [0.4, 0.5) is 0 Å². The van der Waals surface area contributed by atoms with E-state index in [1.54, 1.807) is 12.1 Å². The molecule has 0 fully saturated rings. The number of hydrogen-bond acceptors (Lipinski definition) is 3. The first-order valence-electron chi connectivity index (χ1n) is 8.54. The van der Waals surface area contributed by atoms with Gasteiger partial charge in [0.1, 0.15) is 11.5 Å². The van der Waals surface area contributed by atoms with E-state index < -0.39 is 7.82 Å². The van der Waals surface area contributed by atoms with Crippen LogP contribution in [0.2, 0.25) is 0 Å². The van der Waals surface area contributed by atoms with E-state index in [-0.39, 0.29) is 0 Å². The van der Waals surface area contributed by atoms with Gasteiger partial charge in [0, 0.05) is 17.5 Å². The number of unbranched alkanes of at least 4 members (excludes halogenated alkanes) is 6. The summed E-state index contributed by atoms with van der Waals surface area (Å²) in [4.78, 5) is 18.2. The molecule has 2 N–H and O–H groups in total. The third kappa shape index (κ3) is 5.83. The van der Waals surface area contributed by atoms with Crippen LogP contribution in [0.1, 0.15) is 63.0 Å². The molecular formula is C17H27O5P. The molecule has 0 unspecified atom stereocenters. The molecule has 0 bridgehead atoms. The topological polar surface area (TPSA) is 76.0 Å². The highest BCUT2D eigenvalue weighted by Crippen LogP contribution is 2.43. The first-order chi connectivity index (χ1) is 11.0. The normalized spacial score (nSPS) is 13.7. The van der Waals surface area contributed by atoms with E-state index in [1.165, 1.54) is 32.1 Å². The molecule has 6 heteroatoms. The highest BCUT2D eigenvalue weighted by molar-refractivity contribution is 7.46. The zero-order chi connectivity index (χ0) is 16.7. The van der Waals surface area contributed by atoms with Crippen molar-refractivity contribution in [3.05, 3.63) is 23.3 Å². The molecular weight excluding hydrogens is 315 g/mol. The van der Waals surface area contributed by atoms with Crippen LogP contribution in [-0.4, -0.2) is 16.4 Å². The smallest absolute Gasteiger partial charge is 0.493 e. The van der Waals surface area contributed by atoms with Crippen LogP contribution in [-0.2, 0) is 17.4 Å². The van der Waals surface area contributed by atoms with Crippen LogP contribution in [0.3, 0.4) is 0 Å². The molecule has 0 aliphatic carbocycles. The van der Waals surface area contributed by atoms with Gasteiger partial charge in [-0.05, 0) is 25.0 Å². The van der Waals surface area contributed by atoms with Gasteiger partial charge >= 0.3 is 7.82 Å². The first-order valence-corrected chi connectivity index (χ1v) is 10.1. The van der Waals surface area contributed by atoms with Crippen molar-refractivity contribution in [1.29, 1.82) is 0 Å². The summed E-state index contributed by atoms with van der Waals surface area (Å²) in [5.41, 5.74) is 1.94. The van der Waals surface area contributed by atoms with Crippen molar-refractivity contribution in [1.82, 2.24) is 0 Å². The minimum atomic E-state index is -4.54. The Morgan fingerprint density at radius 1 is 1.13 bits per heavy atom. The van der Waals surface area contributed by atoms with Crippen LogP contribution < -0.4 is 9.26 Å². The molecule has 1 aromatic rings. The molecule has 0 aromatic heterocycles.